The smallest absolute Gasteiger partial charge is 0.356 e. The van der Waals surface area contributed by atoms with Crippen molar-refractivity contribution in [1.29, 1.82) is 0 Å². The van der Waals surface area contributed by atoms with Gasteiger partial charge in [-0.3, -0.25) is 9.88 Å². The zero-order chi connectivity index (χ0) is 23.2. The van der Waals surface area contributed by atoms with Gasteiger partial charge in [-0.2, -0.15) is 13.2 Å². The Morgan fingerprint density at radius 3 is 2.76 bits per heavy atom. The number of nitrogens with one attached hydrogen (secondary N) is 1. The minimum absolute atomic E-state index is 0.0650. The maximum atomic E-state index is 13.6. The van der Waals surface area contributed by atoms with E-state index in [1.807, 2.05) is 6.07 Å². The molecule has 1 N–H and O–H groups in total. The van der Waals surface area contributed by atoms with Crippen LogP contribution in [0.2, 0.25) is 0 Å². The molecule has 3 atom stereocenters. The van der Waals surface area contributed by atoms with Gasteiger partial charge in [-0.25, -0.2) is 14.2 Å². The number of hydrogen-bond acceptors (Lipinski definition) is 4. The first kappa shape index (κ1) is 21.9. The molecule has 0 aromatic carbocycles. The quantitative estimate of drug-likeness (QED) is 0.600. The van der Waals surface area contributed by atoms with Crippen molar-refractivity contribution in [2.24, 2.45) is 5.92 Å². The number of hydrogen-bond donors (Lipinski definition) is 1. The van der Waals surface area contributed by atoms with Crippen LogP contribution in [0.3, 0.4) is 0 Å². The molecular formula is C23H25F4N5O. The fourth-order valence-electron chi connectivity index (χ4n) is 5.37. The first-order valence-corrected chi connectivity index (χ1v) is 11.3. The van der Waals surface area contributed by atoms with E-state index in [0.717, 1.165) is 37.4 Å². The Morgan fingerprint density at radius 2 is 1.97 bits per heavy atom. The number of pyridine rings is 2. The molecule has 1 aliphatic carbocycles. The summed E-state index contributed by atoms with van der Waals surface area (Å²) in [5.41, 5.74) is 1.17. The van der Waals surface area contributed by atoms with Crippen LogP contribution >= 0.6 is 0 Å². The van der Waals surface area contributed by atoms with Gasteiger partial charge in [0.1, 0.15) is 17.5 Å². The van der Waals surface area contributed by atoms with Crippen LogP contribution in [-0.4, -0.2) is 41.3 Å². The fourth-order valence-corrected chi connectivity index (χ4v) is 5.37. The number of halogens is 4. The molecule has 0 radical (unpaired) electrons. The van der Waals surface area contributed by atoms with Gasteiger partial charge in [-0.05, 0) is 49.7 Å². The molecule has 2 aliphatic heterocycles. The SMILES string of the molecule is O=C(Nc1cncc(F)c1)N1c2nc(N3CCCC(C(F)(F)F)C3)ccc2C2CCC[C@H]1C2. The zero-order valence-electron chi connectivity index (χ0n) is 18.0. The lowest BCUT2D eigenvalue weighted by Gasteiger charge is -2.44. The maximum Gasteiger partial charge on any atom is 0.393 e. The Kier molecular flexibility index (Phi) is 5.62. The van der Waals surface area contributed by atoms with E-state index in [9.17, 15) is 22.4 Å². The molecule has 2 unspecified atom stereocenters. The van der Waals surface area contributed by atoms with Crippen molar-refractivity contribution in [2.45, 2.75) is 56.7 Å². The van der Waals surface area contributed by atoms with E-state index in [4.69, 9.17) is 4.98 Å². The number of aromatic nitrogens is 2. The van der Waals surface area contributed by atoms with Crippen molar-refractivity contribution in [1.82, 2.24) is 9.97 Å². The van der Waals surface area contributed by atoms with E-state index in [1.165, 1.54) is 12.3 Å². The van der Waals surface area contributed by atoms with E-state index >= 15 is 0 Å². The minimum atomic E-state index is -4.24. The number of urea groups is 1. The van der Waals surface area contributed by atoms with Crippen LogP contribution in [0.1, 0.15) is 50.0 Å². The largest absolute Gasteiger partial charge is 0.393 e. The molecule has 176 valence electrons. The van der Waals surface area contributed by atoms with Gasteiger partial charge in [-0.1, -0.05) is 12.5 Å². The van der Waals surface area contributed by atoms with Gasteiger partial charge >= 0.3 is 12.2 Å². The standard InChI is InChI=1S/C23H25F4N5O/c24-16-10-17(12-28-11-16)29-22(33)32-18-5-1-3-14(9-18)19-6-7-20(30-21(19)32)31-8-2-4-15(13-31)23(25,26)27/h6-7,10-12,14-15,18H,1-5,8-9,13H2,(H,29,33)/t14?,15?,18-/m0/s1. The van der Waals surface area contributed by atoms with E-state index in [1.54, 1.807) is 15.9 Å². The average Bonchev–Trinajstić information content (AvgIpc) is 2.78. The lowest BCUT2D eigenvalue weighted by molar-refractivity contribution is -0.176. The summed E-state index contributed by atoms with van der Waals surface area (Å²) < 4.78 is 53.5. The molecule has 2 amide bonds. The topological polar surface area (TPSA) is 61.4 Å². The van der Waals surface area contributed by atoms with Gasteiger partial charge in [0, 0.05) is 25.2 Å². The summed E-state index contributed by atoms with van der Waals surface area (Å²) >= 11 is 0. The second-order valence-electron chi connectivity index (χ2n) is 9.12. The first-order valence-electron chi connectivity index (χ1n) is 11.3. The lowest BCUT2D eigenvalue weighted by Crippen LogP contribution is -2.49. The molecule has 2 aromatic rings. The van der Waals surface area contributed by atoms with E-state index in [2.05, 4.69) is 10.3 Å². The number of carbonyl (C=O) groups is 1. The first-order chi connectivity index (χ1) is 15.8. The van der Waals surface area contributed by atoms with E-state index in [-0.39, 0.29) is 30.6 Å². The summed E-state index contributed by atoms with van der Waals surface area (Å²) in [6.07, 6.45) is 2.32. The monoisotopic (exact) mass is 463 g/mol. The molecule has 6 nitrogen and oxygen atoms in total. The predicted molar refractivity (Wildman–Crippen MR) is 116 cm³/mol. The molecule has 0 spiro atoms. The summed E-state index contributed by atoms with van der Waals surface area (Å²) in [5, 5.41) is 2.70. The number of piperidine rings is 1. The van der Waals surface area contributed by atoms with Gasteiger partial charge in [0.2, 0.25) is 0 Å². The molecular weight excluding hydrogens is 438 g/mol. The van der Waals surface area contributed by atoms with Gasteiger partial charge < -0.3 is 10.2 Å². The van der Waals surface area contributed by atoms with Gasteiger partial charge in [0.15, 0.2) is 0 Å². The summed E-state index contributed by atoms with van der Waals surface area (Å²) in [7, 11) is 0. The number of anilines is 3. The fraction of sp³-hybridized carbons (Fsp3) is 0.522. The molecule has 1 saturated heterocycles. The van der Waals surface area contributed by atoms with Crippen molar-refractivity contribution in [2.75, 3.05) is 28.2 Å². The molecule has 10 heteroatoms. The predicted octanol–water partition coefficient (Wildman–Crippen LogP) is 5.47. The molecule has 33 heavy (non-hydrogen) atoms. The summed E-state index contributed by atoms with van der Waals surface area (Å²) in [6, 6.07) is 4.37. The van der Waals surface area contributed by atoms with Crippen LogP contribution in [0.25, 0.3) is 0 Å². The molecule has 1 saturated carbocycles. The Labute approximate surface area is 189 Å². The van der Waals surface area contributed by atoms with Crippen LogP contribution in [0.5, 0.6) is 0 Å². The number of fused-ring (bicyclic) bond motifs is 4. The molecule has 2 aromatic heterocycles. The Bertz CT molecular complexity index is 1050. The van der Waals surface area contributed by atoms with Gasteiger partial charge in [0.05, 0.1) is 24.0 Å². The van der Waals surface area contributed by atoms with Crippen LogP contribution in [0, 0.1) is 11.7 Å². The third-order valence-electron chi connectivity index (χ3n) is 6.95. The highest BCUT2D eigenvalue weighted by molar-refractivity contribution is 6.02. The van der Waals surface area contributed by atoms with Crippen molar-refractivity contribution < 1.29 is 22.4 Å². The van der Waals surface area contributed by atoms with Crippen molar-refractivity contribution in [3.05, 3.63) is 42.0 Å². The molecule has 2 bridgehead atoms. The third kappa shape index (κ3) is 4.35. The second-order valence-corrected chi connectivity index (χ2v) is 9.12. The highest BCUT2D eigenvalue weighted by Crippen LogP contribution is 2.46. The number of rotatable bonds is 2. The van der Waals surface area contributed by atoms with Crippen molar-refractivity contribution in [3.8, 4) is 0 Å². The van der Waals surface area contributed by atoms with E-state index < -0.39 is 23.9 Å². The minimum Gasteiger partial charge on any atom is -0.356 e. The van der Waals surface area contributed by atoms with Crippen molar-refractivity contribution in [3.63, 3.8) is 0 Å². The summed E-state index contributed by atoms with van der Waals surface area (Å²) in [5.74, 6) is -0.737. The van der Waals surface area contributed by atoms with E-state index in [0.29, 0.717) is 24.6 Å². The summed E-state index contributed by atoms with van der Waals surface area (Å²) in [4.78, 5) is 25.0. The van der Waals surface area contributed by atoms with Gasteiger partial charge in [0.25, 0.3) is 0 Å². The highest BCUT2D eigenvalue weighted by atomic mass is 19.4. The van der Waals surface area contributed by atoms with Gasteiger partial charge in [-0.15, -0.1) is 0 Å². The molecule has 4 heterocycles. The highest BCUT2D eigenvalue weighted by Gasteiger charge is 2.43. The second kappa shape index (κ2) is 8.46. The van der Waals surface area contributed by atoms with Crippen LogP contribution in [0.4, 0.5) is 39.7 Å². The lowest BCUT2D eigenvalue weighted by atomic mass is 9.77. The summed E-state index contributed by atoms with van der Waals surface area (Å²) in [6.45, 7) is 0.357. The maximum absolute atomic E-state index is 13.6. The number of nitrogens with zero attached hydrogens (tertiary/aromatic N) is 4. The Hall–Kier alpha value is -2.91. The average molecular weight is 463 g/mol. The van der Waals surface area contributed by atoms with Crippen LogP contribution in [-0.2, 0) is 0 Å². The number of amides is 2. The molecule has 2 fully saturated rings. The van der Waals surface area contributed by atoms with Crippen LogP contribution < -0.4 is 15.1 Å². The number of alkyl halides is 3. The normalized spacial score (nSPS) is 24.9. The van der Waals surface area contributed by atoms with Crippen molar-refractivity contribution >= 4 is 23.4 Å². The molecule has 5 rings (SSSR count). The zero-order valence-corrected chi connectivity index (χ0v) is 18.0. The Balaban J connectivity index is 1.46. The molecule has 3 aliphatic rings. The number of carbonyl (C=O) groups excluding carboxylic acids is 1. The third-order valence-corrected chi connectivity index (χ3v) is 6.95. The van der Waals surface area contributed by atoms with Crippen LogP contribution in [0.15, 0.2) is 30.6 Å². The Morgan fingerprint density at radius 1 is 1.12 bits per heavy atom.